The Bertz CT molecular complexity index is 239. The maximum atomic E-state index is 9.51. The molecule has 0 amide bonds. The van der Waals surface area contributed by atoms with E-state index >= 15 is 0 Å². The number of allylic oxidation sites excluding steroid dienone is 1. The van der Waals surface area contributed by atoms with Crippen molar-refractivity contribution in [2.75, 3.05) is 0 Å². The molecule has 0 rings (SSSR count). The molecule has 2 atom stereocenters. The maximum absolute atomic E-state index is 9.51. The molecule has 74 valence electrons. The van der Waals surface area contributed by atoms with Crippen LogP contribution in [-0.2, 0) is 0 Å². The van der Waals surface area contributed by atoms with Crippen molar-refractivity contribution >= 4 is 0 Å². The number of aliphatic hydroxyl groups excluding tert-OH is 1. The lowest BCUT2D eigenvalue weighted by molar-refractivity contribution is 0.118. The molecule has 0 bridgehead atoms. The van der Waals surface area contributed by atoms with Crippen LogP contribution in [0.15, 0.2) is 11.6 Å². The van der Waals surface area contributed by atoms with Gasteiger partial charge < -0.3 is 10.2 Å². The van der Waals surface area contributed by atoms with Crippen LogP contribution < -0.4 is 0 Å². The Morgan fingerprint density at radius 3 is 2.54 bits per heavy atom. The average Bonchev–Trinajstić information content (AvgIpc) is 2.04. The van der Waals surface area contributed by atoms with E-state index in [0.717, 1.165) is 5.57 Å². The summed E-state index contributed by atoms with van der Waals surface area (Å²) >= 11 is 0. The second-order valence-electron chi connectivity index (χ2n) is 3.46. The Kier molecular flexibility index (Phi) is 4.76. The quantitative estimate of drug-likeness (QED) is 0.635. The van der Waals surface area contributed by atoms with Gasteiger partial charge in [0.1, 0.15) is 5.60 Å². The van der Waals surface area contributed by atoms with Gasteiger partial charge in [-0.15, -0.1) is 0 Å². The van der Waals surface area contributed by atoms with Crippen LogP contribution in [0.25, 0.3) is 0 Å². The highest BCUT2D eigenvalue weighted by atomic mass is 16.3. The molecule has 13 heavy (non-hydrogen) atoms. The van der Waals surface area contributed by atoms with Gasteiger partial charge in [-0.1, -0.05) is 18.8 Å². The fourth-order valence-corrected chi connectivity index (χ4v) is 0.514. The molecular formula is C11H18O2. The highest BCUT2D eigenvalue weighted by molar-refractivity contribution is 5.25. The Hall–Kier alpha value is -0.780. The van der Waals surface area contributed by atoms with Crippen LogP contribution >= 0.6 is 0 Å². The predicted octanol–water partition coefficient (Wildman–Crippen LogP) is 1.48. The molecule has 0 aliphatic rings. The summed E-state index contributed by atoms with van der Waals surface area (Å²) in [5, 5.41) is 18.6. The molecule has 2 N–H and O–H groups in total. The summed E-state index contributed by atoms with van der Waals surface area (Å²) in [6.45, 7) is 7.04. The third-order valence-electron chi connectivity index (χ3n) is 1.99. The first-order chi connectivity index (χ1) is 5.89. The lowest BCUT2D eigenvalue weighted by atomic mass is 10.0. The molecule has 0 saturated carbocycles. The largest absolute Gasteiger partial charge is 0.389 e. The molecule has 2 unspecified atom stereocenters. The van der Waals surface area contributed by atoms with E-state index in [4.69, 9.17) is 5.11 Å². The first kappa shape index (κ1) is 12.2. The van der Waals surface area contributed by atoms with Crippen molar-refractivity contribution in [3.05, 3.63) is 11.6 Å². The lowest BCUT2D eigenvalue weighted by Gasteiger charge is -2.11. The molecule has 0 fully saturated rings. The number of hydrogen-bond acceptors (Lipinski definition) is 2. The van der Waals surface area contributed by atoms with Gasteiger partial charge in [0.15, 0.2) is 0 Å². The number of rotatable bonds is 2. The van der Waals surface area contributed by atoms with E-state index in [1.807, 2.05) is 6.92 Å². The van der Waals surface area contributed by atoms with Crippen molar-refractivity contribution in [2.45, 2.75) is 45.8 Å². The third-order valence-corrected chi connectivity index (χ3v) is 1.99. The van der Waals surface area contributed by atoms with E-state index in [9.17, 15) is 5.11 Å². The highest BCUT2D eigenvalue weighted by Gasteiger charge is 2.11. The zero-order valence-corrected chi connectivity index (χ0v) is 8.76. The van der Waals surface area contributed by atoms with Gasteiger partial charge in [-0.05, 0) is 38.8 Å². The fraction of sp³-hybridized carbons (Fsp3) is 0.636. The maximum Gasteiger partial charge on any atom is 0.122 e. The van der Waals surface area contributed by atoms with Gasteiger partial charge in [-0.3, -0.25) is 0 Å². The normalized spacial score (nSPS) is 18.5. The molecule has 0 aromatic carbocycles. The van der Waals surface area contributed by atoms with Crippen LogP contribution in [0.3, 0.4) is 0 Å². The summed E-state index contributed by atoms with van der Waals surface area (Å²) in [5.74, 6) is 5.45. The minimum atomic E-state index is -0.921. The van der Waals surface area contributed by atoms with E-state index in [-0.39, 0.29) is 0 Å². The van der Waals surface area contributed by atoms with Gasteiger partial charge in [0.25, 0.3) is 0 Å². The van der Waals surface area contributed by atoms with Gasteiger partial charge in [0, 0.05) is 0 Å². The molecule has 2 nitrogen and oxygen atoms in total. The molecule has 0 saturated heterocycles. The fourth-order valence-electron chi connectivity index (χ4n) is 0.514. The van der Waals surface area contributed by atoms with Crippen molar-refractivity contribution in [3.63, 3.8) is 0 Å². The Morgan fingerprint density at radius 2 is 2.15 bits per heavy atom. The van der Waals surface area contributed by atoms with E-state index in [0.29, 0.717) is 6.42 Å². The molecule has 0 aromatic rings. The van der Waals surface area contributed by atoms with Crippen LogP contribution in [0.4, 0.5) is 0 Å². The van der Waals surface area contributed by atoms with E-state index in [2.05, 4.69) is 11.8 Å². The van der Waals surface area contributed by atoms with Crippen LogP contribution in [0.1, 0.15) is 34.1 Å². The third kappa shape index (κ3) is 5.46. The van der Waals surface area contributed by atoms with Crippen LogP contribution in [0.2, 0.25) is 0 Å². The van der Waals surface area contributed by atoms with Crippen LogP contribution in [0, 0.1) is 11.8 Å². The zero-order valence-electron chi connectivity index (χ0n) is 8.76. The summed E-state index contributed by atoms with van der Waals surface area (Å²) in [7, 11) is 0. The molecule has 0 aliphatic heterocycles. The average molecular weight is 182 g/mol. The van der Waals surface area contributed by atoms with Gasteiger partial charge >= 0.3 is 0 Å². The molecular weight excluding hydrogens is 164 g/mol. The standard InChI is InChI=1S/C11H18O2/c1-5-11(4,13)8-6-7-9(2)10(3)12/h7,10,12-13H,5H2,1-4H3. The Balaban J connectivity index is 4.36. The molecule has 0 heterocycles. The Morgan fingerprint density at radius 1 is 1.62 bits per heavy atom. The minimum absolute atomic E-state index is 0.471. The van der Waals surface area contributed by atoms with Crippen LogP contribution in [0.5, 0.6) is 0 Å². The summed E-state index contributed by atoms with van der Waals surface area (Å²) < 4.78 is 0. The predicted molar refractivity (Wildman–Crippen MR) is 54.1 cm³/mol. The van der Waals surface area contributed by atoms with Crippen LogP contribution in [-0.4, -0.2) is 21.9 Å². The number of aliphatic hydroxyl groups is 2. The second kappa shape index (κ2) is 5.06. The molecule has 0 aromatic heterocycles. The summed E-state index contributed by atoms with van der Waals surface area (Å²) in [6, 6.07) is 0. The topological polar surface area (TPSA) is 40.5 Å². The SMILES string of the molecule is CCC(C)(O)C#CC=C(C)C(C)O. The van der Waals surface area contributed by atoms with Crippen molar-refractivity contribution in [2.24, 2.45) is 0 Å². The van der Waals surface area contributed by atoms with Crippen molar-refractivity contribution in [1.82, 2.24) is 0 Å². The van der Waals surface area contributed by atoms with Gasteiger partial charge in [-0.25, -0.2) is 0 Å². The smallest absolute Gasteiger partial charge is 0.122 e. The molecule has 0 radical (unpaired) electrons. The van der Waals surface area contributed by atoms with Gasteiger partial charge in [0.2, 0.25) is 0 Å². The lowest BCUT2D eigenvalue weighted by Crippen LogP contribution is -2.19. The Labute approximate surface area is 80.3 Å². The first-order valence-corrected chi connectivity index (χ1v) is 4.49. The highest BCUT2D eigenvalue weighted by Crippen LogP contribution is 2.05. The first-order valence-electron chi connectivity index (χ1n) is 4.49. The molecule has 2 heteroatoms. The molecule has 0 aliphatic carbocycles. The monoisotopic (exact) mass is 182 g/mol. The van der Waals surface area contributed by atoms with E-state index in [1.165, 1.54) is 0 Å². The minimum Gasteiger partial charge on any atom is -0.389 e. The summed E-state index contributed by atoms with van der Waals surface area (Å²) in [4.78, 5) is 0. The zero-order chi connectivity index (χ0) is 10.5. The van der Waals surface area contributed by atoms with E-state index < -0.39 is 11.7 Å². The molecule has 0 spiro atoms. The summed E-state index contributed by atoms with van der Waals surface area (Å²) in [5.41, 5.74) is -0.116. The van der Waals surface area contributed by atoms with E-state index in [1.54, 1.807) is 26.8 Å². The van der Waals surface area contributed by atoms with Gasteiger partial charge in [-0.2, -0.15) is 0 Å². The van der Waals surface area contributed by atoms with Crippen molar-refractivity contribution in [1.29, 1.82) is 0 Å². The summed E-state index contributed by atoms with van der Waals surface area (Å²) in [6.07, 6.45) is 1.76. The van der Waals surface area contributed by atoms with Crippen molar-refractivity contribution in [3.8, 4) is 11.8 Å². The van der Waals surface area contributed by atoms with Gasteiger partial charge in [0.05, 0.1) is 6.10 Å². The van der Waals surface area contributed by atoms with Crippen molar-refractivity contribution < 1.29 is 10.2 Å². The number of hydrogen-bond donors (Lipinski definition) is 2. The second-order valence-corrected chi connectivity index (χ2v) is 3.46.